The highest BCUT2D eigenvalue weighted by molar-refractivity contribution is 5.85. The van der Waals surface area contributed by atoms with Crippen molar-refractivity contribution in [1.29, 1.82) is 5.26 Å². The Labute approximate surface area is 165 Å². The first-order valence-corrected chi connectivity index (χ1v) is 8.27. The molecule has 0 bridgehead atoms. The van der Waals surface area contributed by atoms with Crippen LogP contribution < -0.4 is 14.4 Å². The Balaban J connectivity index is 0.00000225. The molecule has 0 atom stereocenters. The first-order chi connectivity index (χ1) is 13.1. The van der Waals surface area contributed by atoms with Crippen LogP contribution in [0.3, 0.4) is 0 Å². The van der Waals surface area contributed by atoms with Gasteiger partial charge in [0.05, 0.1) is 30.5 Å². The Bertz CT molecular complexity index is 1070. The Morgan fingerprint density at radius 3 is 2.54 bits per heavy atom. The van der Waals surface area contributed by atoms with E-state index in [9.17, 15) is 20.1 Å². The number of rotatable bonds is 2. The number of hydrogen-bond acceptors (Lipinski definition) is 6. The Hall–Kier alpha value is -3.22. The molecule has 3 heterocycles. The summed E-state index contributed by atoms with van der Waals surface area (Å²) in [4.78, 5) is 5.70. The Kier molecular flexibility index (Phi) is 5.44. The van der Waals surface area contributed by atoms with Gasteiger partial charge >= 0.3 is 11.4 Å². The molecular weight excluding hydrogens is 389 g/mol. The van der Waals surface area contributed by atoms with Gasteiger partial charge in [0.1, 0.15) is 0 Å². The van der Waals surface area contributed by atoms with Gasteiger partial charge in [-0.3, -0.25) is 4.98 Å². The van der Waals surface area contributed by atoms with Gasteiger partial charge in [-0.05, 0) is 12.1 Å². The first kappa shape index (κ1) is 19.5. The molecule has 10 heteroatoms. The van der Waals surface area contributed by atoms with Crippen LogP contribution in [0.5, 0.6) is 0 Å². The van der Waals surface area contributed by atoms with Gasteiger partial charge in [-0.25, -0.2) is 4.39 Å². The van der Waals surface area contributed by atoms with E-state index in [-0.39, 0.29) is 39.6 Å². The van der Waals surface area contributed by atoms with Crippen molar-refractivity contribution in [2.75, 3.05) is 31.2 Å². The fourth-order valence-electron chi connectivity index (χ4n) is 3.20. The van der Waals surface area contributed by atoms with Gasteiger partial charge in [-0.15, -0.1) is 17.1 Å². The molecule has 1 aromatic carbocycles. The number of benzene rings is 1. The van der Waals surface area contributed by atoms with Crippen LogP contribution in [0.4, 0.5) is 10.1 Å². The van der Waals surface area contributed by atoms with Crippen molar-refractivity contribution in [1.82, 2.24) is 4.98 Å². The van der Waals surface area contributed by atoms with E-state index in [0.29, 0.717) is 36.6 Å². The number of nitrogens with zero attached hydrogens (tertiary/aromatic N) is 5. The summed E-state index contributed by atoms with van der Waals surface area (Å²) in [6.07, 6.45) is 2.91. The van der Waals surface area contributed by atoms with Crippen LogP contribution in [-0.2, 0) is 4.74 Å². The number of fused-ring (bicyclic) bond motifs is 1. The number of pyridine rings is 1. The third-order valence-electron chi connectivity index (χ3n) is 4.50. The molecule has 0 aliphatic carbocycles. The molecule has 1 aliphatic heterocycles. The molecule has 28 heavy (non-hydrogen) atoms. The molecule has 8 nitrogen and oxygen atoms in total. The number of aromatic nitrogens is 3. The van der Waals surface area contributed by atoms with Crippen LogP contribution in [0.25, 0.3) is 22.3 Å². The summed E-state index contributed by atoms with van der Waals surface area (Å²) >= 11 is 0. The summed E-state index contributed by atoms with van der Waals surface area (Å²) in [5.41, 5.74) is -0.212. The van der Waals surface area contributed by atoms with E-state index in [1.807, 2.05) is 0 Å². The summed E-state index contributed by atoms with van der Waals surface area (Å²) in [7, 11) is 0. The Morgan fingerprint density at radius 2 is 1.89 bits per heavy atom. The van der Waals surface area contributed by atoms with E-state index in [1.165, 1.54) is 18.5 Å². The highest BCUT2D eigenvalue weighted by Gasteiger charge is 2.31. The third-order valence-corrected chi connectivity index (χ3v) is 4.50. The minimum absolute atomic E-state index is 0. The zero-order chi connectivity index (χ0) is 19.0. The second-order valence-corrected chi connectivity index (χ2v) is 6.03. The van der Waals surface area contributed by atoms with Gasteiger partial charge in [0.15, 0.2) is 11.9 Å². The van der Waals surface area contributed by atoms with E-state index in [4.69, 9.17) is 4.74 Å². The molecule has 144 valence electrons. The van der Waals surface area contributed by atoms with Gasteiger partial charge in [0.25, 0.3) is 11.0 Å². The molecule has 1 fully saturated rings. The van der Waals surface area contributed by atoms with Gasteiger partial charge in [-0.1, -0.05) is 0 Å². The lowest BCUT2D eigenvalue weighted by Crippen LogP contribution is -2.44. The van der Waals surface area contributed by atoms with Crippen LogP contribution in [0.1, 0.15) is 5.69 Å². The molecule has 1 saturated heterocycles. The van der Waals surface area contributed by atoms with Crippen LogP contribution in [0.15, 0.2) is 36.7 Å². The normalized spacial score (nSPS) is 13.8. The molecule has 2 aromatic heterocycles. The van der Waals surface area contributed by atoms with Crippen molar-refractivity contribution in [2.24, 2.45) is 0 Å². The molecule has 4 rings (SSSR count). The zero-order valence-corrected chi connectivity index (χ0v) is 15.4. The predicted molar refractivity (Wildman–Crippen MR) is 100 cm³/mol. The molecule has 0 amide bonds. The van der Waals surface area contributed by atoms with Crippen molar-refractivity contribution in [3.63, 3.8) is 0 Å². The van der Waals surface area contributed by atoms with Gasteiger partial charge in [0, 0.05) is 31.5 Å². The number of ether oxygens (including phenoxy) is 1. The van der Waals surface area contributed by atoms with Crippen molar-refractivity contribution in [2.45, 2.75) is 0 Å². The van der Waals surface area contributed by atoms with E-state index in [1.54, 1.807) is 23.1 Å². The molecule has 0 radical (unpaired) electrons. The quantitative estimate of drug-likeness (QED) is 0.474. The van der Waals surface area contributed by atoms with Crippen molar-refractivity contribution in [3.05, 3.63) is 58.6 Å². The lowest BCUT2D eigenvalue weighted by molar-refractivity contribution is -0.622. The number of anilines is 1. The summed E-state index contributed by atoms with van der Waals surface area (Å²) < 4.78 is 20.7. The average Bonchev–Trinajstić information content (AvgIpc) is 2.71. The number of hydrogen-bond donors (Lipinski definition) is 0. The van der Waals surface area contributed by atoms with E-state index in [2.05, 4.69) is 4.98 Å². The maximum absolute atomic E-state index is 14.6. The van der Waals surface area contributed by atoms with Crippen LogP contribution in [0, 0.1) is 27.6 Å². The third kappa shape index (κ3) is 3.13. The second kappa shape index (κ2) is 7.80. The molecule has 0 spiro atoms. The topological polar surface area (TPSA) is 103 Å². The molecule has 0 saturated carbocycles. The maximum atomic E-state index is 14.6. The van der Waals surface area contributed by atoms with E-state index < -0.39 is 11.5 Å². The smallest absolute Gasteiger partial charge is 0.369 e. The lowest BCUT2D eigenvalue weighted by atomic mass is 10.1. The Morgan fingerprint density at radius 1 is 1.18 bits per heavy atom. The van der Waals surface area contributed by atoms with Crippen molar-refractivity contribution in [3.8, 4) is 17.3 Å². The SMILES string of the molecule is Cl.N#Cc1c(-c2cccnc2)[n+]([O-])c2cc(N3CCOCC3)c(F)cc2[n+]1[O-]. The number of nitriles is 1. The summed E-state index contributed by atoms with van der Waals surface area (Å²) in [5.74, 6) is -0.632. The van der Waals surface area contributed by atoms with E-state index in [0.717, 1.165) is 6.07 Å². The van der Waals surface area contributed by atoms with E-state index >= 15 is 0 Å². The highest BCUT2D eigenvalue weighted by Crippen LogP contribution is 2.26. The van der Waals surface area contributed by atoms with Gasteiger partial charge in [0.2, 0.25) is 0 Å². The summed E-state index contributed by atoms with van der Waals surface area (Å²) in [6.45, 7) is 1.85. The number of morpholine rings is 1. The first-order valence-electron chi connectivity index (χ1n) is 8.27. The molecule has 1 aliphatic rings. The molecule has 0 N–H and O–H groups in total. The zero-order valence-electron chi connectivity index (χ0n) is 14.5. The van der Waals surface area contributed by atoms with Crippen molar-refractivity contribution >= 4 is 29.1 Å². The summed E-state index contributed by atoms with van der Waals surface area (Å²) in [5, 5.41) is 35.1. The molecular formula is C18H15ClFN5O3. The summed E-state index contributed by atoms with van der Waals surface area (Å²) in [6, 6.07) is 7.26. The van der Waals surface area contributed by atoms with Gasteiger partial charge in [-0.2, -0.15) is 9.99 Å². The maximum Gasteiger partial charge on any atom is 0.369 e. The lowest BCUT2D eigenvalue weighted by Gasteiger charge is -2.28. The largest absolute Gasteiger partial charge is 0.617 e. The number of halogens is 2. The van der Waals surface area contributed by atoms with Crippen LogP contribution in [-0.4, -0.2) is 31.3 Å². The molecule has 3 aromatic rings. The minimum Gasteiger partial charge on any atom is -0.617 e. The standard InChI is InChI=1S/C18H14FN5O3.ClH/c19-13-8-15-16(9-14(13)22-4-6-27-7-5-22)24(26)18(17(10-20)23(15)25)12-2-1-3-21-11-12;/h1-3,8-9,11H,4-7H2;1H. The predicted octanol–water partition coefficient (Wildman–Crippen LogP) is 1.44. The monoisotopic (exact) mass is 403 g/mol. The fraction of sp³-hybridized carbons (Fsp3) is 0.222. The van der Waals surface area contributed by atoms with Crippen LogP contribution in [0.2, 0.25) is 0 Å². The fourth-order valence-corrected chi connectivity index (χ4v) is 3.20. The minimum atomic E-state index is -0.632. The van der Waals surface area contributed by atoms with Gasteiger partial charge < -0.3 is 20.1 Å². The average molecular weight is 404 g/mol. The molecule has 0 unspecified atom stereocenters. The van der Waals surface area contributed by atoms with Crippen LogP contribution >= 0.6 is 12.4 Å². The second-order valence-electron chi connectivity index (χ2n) is 6.03. The van der Waals surface area contributed by atoms with Crippen molar-refractivity contribution < 1.29 is 18.6 Å². The highest BCUT2D eigenvalue weighted by atomic mass is 35.5.